The maximum atomic E-state index is 13.5. The number of H-pyrrole nitrogens is 1. The van der Waals surface area contributed by atoms with Gasteiger partial charge in [-0.05, 0) is 87.3 Å². The van der Waals surface area contributed by atoms with E-state index in [4.69, 9.17) is 14.2 Å². The van der Waals surface area contributed by atoms with Crippen molar-refractivity contribution in [3.8, 4) is 22.8 Å². The molecule has 2 aromatic heterocycles. The summed E-state index contributed by atoms with van der Waals surface area (Å²) in [4.78, 5) is 10.4. The fraction of sp³-hybridized carbons (Fsp3) is 0.387. The van der Waals surface area contributed by atoms with Gasteiger partial charge in [0, 0.05) is 36.8 Å². The molecule has 2 fully saturated rings. The van der Waals surface area contributed by atoms with Crippen LogP contribution in [0.15, 0.2) is 60.8 Å². The Kier molecular flexibility index (Phi) is 7.58. The summed E-state index contributed by atoms with van der Waals surface area (Å²) in [6.07, 6.45) is 4.96. The number of benzene rings is 2. The van der Waals surface area contributed by atoms with Gasteiger partial charge < -0.3 is 34.0 Å². The Labute approximate surface area is 235 Å². The molecule has 2 saturated heterocycles. The number of pyridine rings is 1. The average Bonchev–Trinajstić information content (AvgIpc) is 3.61. The van der Waals surface area contributed by atoms with Crippen molar-refractivity contribution in [3.05, 3.63) is 60.8 Å². The summed E-state index contributed by atoms with van der Waals surface area (Å²) in [7, 11) is -0.520. The van der Waals surface area contributed by atoms with Crippen molar-refractivity contribution in [2.75, 3.05) is 52.0 Å². The summed E-state index contributed by atoms with van der Waals surface area (Å²) in [5.41, 5.74) is 4.46. The van der Waals surface area contributed by atoms with Crippen LogP contribution < -0.4 is 20.1 Å². The molecular formula is C31H37N4O4P. The van der Waals surface area contributed by atoms with Gasteiger partial charge in [0.15, 0.2) is 0 Å². The van der Waals surface area contributed by atoms with Crippen LogP contribution in [0.1, 0.15) is 19.3 Å². The smallest absolute Gasteiger partial charge is 0.139 e. The van der Waals surface area contributed by atoms with Crippen LogP contribution in [0.3, 0.4) is 0 Å². The van der Waals surface area contributed by atoms with E-state index in [1.54, 1.807) is 19.5 Å². The minimum Gasteiger partial charge on any atom is -0.490 e. The molecule has 2 aromatic carbocycles. The highest BCUT2D eigenvalue weighted by Crippen LogP contribution is 2.43. The Balaban J connectivity index is 1.25. The number of hydrogen-bond acceptors (Lipinski definition) is 7. The molecule has 210 valence electrons. The first-order chi connectivity index (χ1) is 19.3. The van der Waals surface area contributed by atoms with Gasteiger partial charge >= 0.3 is 0 Å². The second-order valence-electron chi connectivity index (χ2n) is 11.2. The Morgan fingerprint density at radius 1 is 1.00 bits per heavy atom. The molecule has 0 bridgehead atoms. The Morgan fingerprint density at radius 2 is 1.80 bits per heavy atom. The monoisotopic (exact) mass is 560 g/mol. The highest BCUT2D eigenvalue weighted by Gasteiger charge is 2.26. The normalized spacial score (nSPS) is 18.7. The van der Waals surface area contributed by atoms with Crippen molar-refractivity contribution >= 4 is 34.9 Å². The third kappa shape index (κ3) is 5.90. The highest BCUT2D eigenvalue weighted by atomic mass is 31.2. The molecule has 0 amide bonds. The van der Waals surface area contributed by atoms with Gasteiger partial charge in [-0.2, -0.15) is 0 Å². The second kappa shape index (κ2) is 11.3. The zero-order chi connectivity index (χ0) is 27.7. The highest BCUT2D eigenvalue weighted by molar-refractivity contribution is 7.70. The zero-order valence-corrected chi connectivity index (χ0v) is 24.2. The Hall–Kier alpha value is -3.32. The van der Waals surface area contributed by atoms with Gasteiger partial charge in [-0.3, -0.25) is 0 Å². The summed E-state index contributed by atoms with van der Waals surface area (Å²) in [5, 5.41) is 5.21. The van der Waals surface area contributed by atoms with Crippen LogP contribution in [0, 0.1) is 0 Å². The fourth-order valence-corrected chi connectivity index (χ4v) is 6.87. The number of rotatable bonds is 8. The number of anilines is 2. The van der Waals surface area contributed by atoms with E-state index in [9.17, 15) is 4.57 Å². The lowest BCUT2D eigenvalue weighted by atomic mass is 10.1. The van der Waals surface area contributed by atoms with Crippen LogP contribution in [0.25, 0.3) is 22.3 Å². The van der Waals surface area contributed by atoms with Crippen LogP contribution in [-0.4, -0.2) is 73.8 Å². The quantitative estimate of drug-likeness (QED) is 0.261. The fourth-order valence-electron chi connectivity index (χ4n) is 5.50. The van der Waals surface area contributed by atoms with Crippen molar-refractivity contribution in [2.45, 2.75) is 31.5 Å². The topological polar surface area (TPSA) is 88.7 Å². The number of likely N-dealkylation sites (tertiary alicyclic amines) is 1. The molecule has 4 aromatic rings. The summed E-state index contributed by atoms with van der Waals surface area (Å²) in [6.45, 7) is 6.95. The Morgan fingerprint density at radius 3 is 2.52 bits per heavy atom. The lowest BCUT2D eigenvalue weighted by Gasteiger charge is -2.29. The molecule has 0 aliphatic carbocycles. The number of ether oxygens (including phenoxy) is 3. The number of fused-ring (bicyclic) bond motifs is 1. The third-order valence-electron chi connectivity index (χ3n) is 7.65. The van der Waals surface area contributed by atoms with Crippen molar-refractivity contribution < 1.29 is 18.8 Å². The van der Waals surface area contributed by atoms with Gasteiger partial charge in [-0.1, -0.05) is 6.07 Å². The molecule has 1 atom stereocenters. The average molecular weight is 561 g/mol. The van der Waals surface area contributed by atoms with Crippen molar-refractivity contribution in [3.63, 3.8) is 0 Å². The van der Waals surface area contributed by atoms with Gasteiger partial charge in [-0.15, -0.1) is 0 Å². The first-order valence-corrected chi connectivity index (χ1v) is 16.6. The summed E-state index contributed by atoms with van der Waals surface area (Å²) < 4.78 is 31.4. The zero-order valence-electron chi connectivity index (χ0n) is 23.4. The number of aromatic nitrogens is 2. The third-order valence-corrected chi connectivity index (χ3v) is 9.19. The maximum absolute atomic E-state index is 13.5. The van der Waals surface area contributed by atoms with Crippen molar-refractivity contribution in [1.82, 2.24) is 14.9 Å². The maximum Gasteiger partial charge on any atom is 0.139 e. The van der Waals surface area contributed by atoms with Crippen LogP contribution >= 0.6 is 7.14 Å². The number of nitrogens with one attached hydrogen (secondary N) is 2. The number of nitrogens with zero attached hydrogens (tertiary/aromatic N) is 2. The first kappa shape index (κ1) is 26.9. The second-order valence-corrected chi connectivity index (χ2v) is 14.3. The van der Waals surface area contributed by atoms with Gasteiger partial charge in [0.05, 0.1) is 29.9 Å². The van der Waals surface area contributed by atoms with E-state index in [2.05, 4.69) is 45.4 Å². The number of piperidine rings is 1. The number of hydrogen-bond donors (Lipinski definition) is 2. The van der Waals surface area contributed by atoms with Crippen LogP contribution in [-0.2, 0) is 9.30 Å². The van der Waals surface area contributed by atoms with E-state index in [0.717, 1.165) is 71.8 Å². The van der Waals surface area contributed by atoms with Crippen molar-refractivity contribution in [1.29, 1.82) is 0 Å². The van der Waals surface area contributed by atoms with Gasteiger partial charge in [-0.25, -0.2) is 4.98 Å². The molecule has 4 heterocycles. The van der Waals surface area contributed by atoms with Crippen LogP contribution in [0.5, 0.6) is 11.5 Å². The minimum atomic E-state index is -2.68. The molecule has 0 unspecified atom stereocenters. The summed E-state index contributed by atoms with van der Waals surface area (Å²) in [5.74, 6) is 1.55. The standard InChI is InChI=1S/C31H37N4O4P/c1-35-16-12-23(13-17-35)38-22-9-7-21(8-10-22)28-19-25-26(11-15-32-31(25)34-28)33-27-5-4-6-29(30(27)40(2,3)36)39-24-14-18-37-20-24/h4-11,15,19,23-24H,12-14,16-18,20H2,1-3H3,(H2,32,33,34)/t24-/m0/s1. The van der Waals surface area contributed by atoms with E-state index in [-0.39, 0.29) is 12.2 Å². The molecule has 2 aliphatic rings. The largest absolute Gasteiger partial charge is 0.490 e. The van der Waals surface area contributed by atoms with Crippen LogP contribution in [0.4, 0.5) is 11.4 Å². The van der Waals surface area contributed by atoms with E-state index in [1.807, 2.05) is 36.4 Å². The van der Waals surface area contributed by atoms with Gasteiger partial charge in [0.2, 0.25) is 0 Å². The first-order valence-electron chi connectivity index (χ1n) is 14.0. The molecule has 0 saturated carbocycles. The van der Waals surface area contributed by atoms with E-state index in [1.165, 1.54) is 0 Å². The predicted molar refractivity (Wildman–Crippen MR) is 161 cm³/mol. The Bertz CT molecular complexity index is 1520. The lowest BCUT2D eigenvalue weighted by Crippen LogP contribution is -2.35. The van der Waals surface area contributed by atoms with Crippen LogP contribution in [0.2, 0.25) is 0 Å². The van der Waals surface area contributed by atoms with Gasteiger partial charge in [0.25, 0.3) is 0 Å². The molecule has 0 spiro atoms. The minimum absolute atomic E-state index is 0.0263. The molecule has 40 heavy (non-hydrogen) atoms. The SMILES string of the molecule is CN1CCC(Oc2ccc(-c3cc4c(Nc5cccc(O[C@H]6CCOC6)c5P(C)(C)=O)ccnc4[nH]3)cc2)CC1. The molecule has 2 aliphatic heterocycles. The van der Waals surface area contributed by atoms with Gasteiger partial charge in [0.1, 0.15) is 36.5 Å². The van der Waals surface area contributed by atoms with Crippen molar-refractivity contribution in [2.24, 2.45) is 0 Å². The number of aromatic amines is 1. The molecule has 9 heteroatoms. The predicted octanol–water partition coefficient (Wildman–Crippen LogP) is 5.86. The molecule has 8 nitrogen and oxygen atoms in total. The van der Waals surface area contributed by atoms with E-state index in [0.29, 0.717) is 24.3 Å². The lowest BCUT2D eigenvalue weighted by molar-refractivity contribution is 0.114. The molecular weight excluding hydrogens is 523 g/mol. The van der Waals surface area contributed by atoms with E-state index < -0.39 is 7.14 Å². The molecule has 6 rings (SSSR count). The van der Waals surface area contributed by atoms with E-state index >= 15 is 0 Å². The summed E-state index contributed by atoms with van der Waals surface area (Å²) in [6, 6.07) is 18.1. The summed E-state index contributed by atoms with van der Waals surface area (Å²) >= 11 is 0. The molecule has 2 N–H and O–H groups in total. The molecule has 0 radical (unpaired) electrons.